The zero-order valence-electron chi connectivity index (χ0n) is 14.7. The van der Waals surface area contributed by atoms with Crippen LogP contribution in [-0.2, 0) is 0 Å². The van der Waals surface area contributed by atoms with Gasteiger partial charge < -0.3 is 20.1 Å². The quantitative estimate of drug-likeness (QED) is 0.678. The predicted octanol–water partition coefficient (Wildman–Crippen LogP) is 4.70. The van der Waals surface area contributed by atoms with E-state index in [-0.39, 0.29) is 5.91 Å². The lowest BCUT2D eigenvalue weighted by Gasteiger charge is -2.12. The van der Waals surface area contributed by atoms with E-state index in [4.69, 9.17) is 9.47 Å². The third kappa shape index (κ3) is 4.13. The third-order valence-corrected chi connectivity index (χ3v) is 3.88. The molecule has 0 bridgehead atoms. The molecule has 3 rings (SSSR count). The fourth-order valence-corrected chi connectivity index (χ4v) is 2.49. The number of hydrogen-bond donors (Lipinski definition) is 2. The van der Waals surface area contributed by atoms with Crippen LogP contribution >= 0.6 is 0 Å². The lowest BCUT2D eigenvalue weighted by molar-refractivity contribution is 0.102. The van der Waals surface area contributed by atoms with Crippen molar-refractivity contribution in [3.8, 4) is 11.5 Å². The van der Waals surface area contributed by atoms with Crippen LogP contribution in [0, 0.1) is 0 Å². The summed E-state index contributed by atoms with van der Waals surface area (Å²) in [6.45, 7) is 0. The molecule has 0 aliphatic rings. The lowest BCUT2D eigenvalue weighted by Crippen LogP contribution is -2.11. The van der Waals surface area contributed by atoms with Gasteiger partial charge in [-0.15, -0.1) is 0 Å². The molecule has 26 heavy (non-hydrogen) atoms. The number of rotatable bonds is 6. The van der Waals surface area contributed by atoms with E-state index in [1.54, 1.807) is 38.5 Å². The van der Waals surface area contributed by atoms with Crippen molar-refractivity contribution in [1.29, 1.82) is 0 Å². The Morgan fingerprint density at radius 2 is 1.42 bits per heavy atom. The van der Waals surface area contributed by atoms with Gasteiger partial charge in [-0.3, -0.25) is 4.79 Å². The van der Waals surface area contributed by atoms with Crippen LogP contribution in [0.1, 0.15) is 10.4 Å². The van der Waals surface area contributed by atoms with Crippen LogP contribution in [0.2, 0.25) is 0 Å². The summed E-state index contributed by atoms with van der Waals surface area (Å²) in [5, 5.41) is 6.17. The number of para-hydroxylation sites is 2. The number of benzene rings is 3. The van der Waals surface area contributed by atoms with Crippen molar-refractivity contribution in [3.05, 3.63) is 78.4 Å². The van der Waals surface area contributed by atoms with Gasteiger partial charge in [0.25, 0.3) is 5.91 Å². The van der Waals surface area contributed by atoms with Crippen LogP contribution in [0.15, 0.2) is 72.8 Å². The molecule has 0 atom stereocenters. The summed E-state index contributed by atoms with van der Waals surface area (Å²) in [5.74, 6) is 1.32. The highest BCUT2D eigenvalue weighted by Gasteiger charge is 2.07. The maximum Gasteiger partial charge on any atom is 0.255 e. The zero-order chi connectivity index (χ0) is 18.4. The molecular weight excluding hydrogens is 328 g/mol. The van der Waals surface area contributed by atoms with Crippen molar-refractivity contribution in [2.45, 2.75) is 0 Å². The highest BCUT2D eigenvalue weighted by Crippen LogP contribution is 2.27. The Labute approximate surface area is 152 Å². The topological polar surface area (TPSA) is 59.6 Å². The van der Waals surface area contributed by atoms with E-state index in [2.05, 4.69) is 10.6 Å². The normalized spacial score (nSPS) is 10.1. The number of nitrogens with one attached hydrogen (secondary N) is 2. The average Bonchev–Trinajstić information content (AvgIpc) is 2.70. The molecule has 3 aromatic carbocycles. The summed E-state index contributed by atoms with van der Waals surface area (Å²) in [4.78, 5) is 12.3. The molecule has 0 heterocycles. The largest absolute Gasteiger partial charge is 0.497 e. The van der Waals surface area contributed by atoms with Gasteiger partial charge in [0, 0.05) is 16.9 Å². The Bertz CT molecular complexity index is 875. The molecule has 0 unspecified atom stereocenters. The Morgan fingerprint density at radius 1 is 0.769 bits per heavy atom. The third-order valence-electron chi connectivity index (χ3n) is 3.88. The summed E-state index contributed by atoms with van der Waals surface area (Å²) >= 11 is 0. The van der Waals surface area contributed by atoms with Crippen LogP contribution in [0.5, 0.6) is 11.5 Å². The summed E-state index contributed by atoms with van der Waals surface area (Å²) < 4.78 is 10.4. The molecule has 0 aliphatic heterocycles. The maximum absolute atomic E-state index is 12.3. The fourth-order valence-electron chi connectivity index (χ4n) is 2.49. The monoisotopic (exact) mass is 348 g/mol. The minimum Gasteiger partial charge on any atom is -0.497 e. The van der Waals surface area contributed by atoms with Crippen LogP contribution < -0.4 is 20.1 Å². The fraction of sp³-hybridized carbons (Fsp3) is 0.0952. The molecule has 1 amide bonds. The number of ether oxygens (including phenoxy) is 2. The Morgan fingerprint density at radius 3 is 2.08 bits per heavy atom. The van der Waals surface area contributed by atoms with Crippen molar-refractivity contribution in [2.24, 2.45) is 0 Å². The Kier molecular flexibility index (Phi) is 5.39. The minimum atomic E-state index is -0.168. The molecule has 132 valence electrons. The molecule has 3 aromatic rings. The number of carbonyl (C=O) groups is 1. The molecule has 0 spiro atoms. The van der Waals surface area contributed by atoms with Gasteiger partial charge in [0.1, 0.15) is 11.5 Å². The van der Waals surface area contributed by atoms with Crippen molar-refractivity contribution in [1.82, 2.24) is 0 Å². The molecule has 2 N–H and O–H groups in total. The molecule has 5 nitrogen and oxygen atoms in total. The zero-order valence-corrected chi connectivity index (χ0v) is 14.7. The number of hydrogen-bond acceptors (Lipinski definition) is 4. The summed E-state index contributed by atoms with van der Waals surface area (Å²) in [7, 11) is 3.23. The number of anilines is 3. The van der Waals surface area contributed by atoms with Crippen LogP contribution in [-0.4, -0.2) is 20.1 Å². The first kappa shape index (κ1) is 17.4. The minimum absolute atomic E-state index is 0.168. The first-order valence-corrected chi connectivity index (χ1v) is 8.15. The van der Waals surface area contributed by atoms with Gasteiger partial charge in [-0.25, -0.2) is 0 Å². The SMILES string of the molecule is COc1ccc(C(=O)Nc2ccc(Nc3ccccc3OC)cc2)cc1. The van der Waals surface area contributed by atoms with Crippen molar-refractivity contribution in [2.75, 3.05) is 24.9 Å². The van der Waals surface area contributed by atoms with Gasteiger partial charge in [0.2, 0.25) is 0 Å². The van der Waals surface area contributed by atoms with E-state index in [9.17, 15) is 4.79 Å². The highest BCUT2D eigenvalue weighted by atomic mass is 16.5. The second kappa shape index (κ2) is 8.07. The second-order valence-corrected chi connectivity index (χ2v) is 5.59. The summed E-state index contributed by atoms with van der Waals surface area (Å²) in [6.07, 6.45) is 0. The van der Waals surface area contributed by atoms with Crippen LogP contribution in [0.4, 0.5) is 17.1 Å². The van der Waals surface area contributed by atoms with Gasteiger partial charge in [-0.05, 0) is 60.7 Å². The Balaban J connectivity index is 1.66. The summed E-state index contributed by atoms with van der Waals surface area (Å²) in [6, 6.07) is 22.2. The van der Waals surface area contributed by atoms with Crippen LogP contribution in [0.25, 0.3) is 0 Å². The van der Waals surface area contributed by atoms with E-state index in [1.165, 1.54) is 0 Å². The number of methoxy groups -OCH3 is 2. The smallest absolute Gasteiger partial charge is 0.255 e. The van der Waals surface area contributed by atoms with Gasteiger partial charge in [-0.2, -0.15) is 0 Å². The first-order valence-electron chi connectivity index (χ1n) is 8.15. The first-order chi connectivity index (χ1) is 12.7. The molecule has 5 heteroatoms. The van der Waals surface area contributed by atoms with Crippen molar-refractivity contribution < 1.29 is 14.3 Å². The lowest BCUT2D eigenvalue weighted by atomic mass is 10.2. The van der Waals surface area contributed by atoms with Gasteiger partial charge in [-0.1, -0.05) is 12.1 Å². The second-order valence-electron chi connectivity index (χ2n) is 5.59. The van der Waals surface area contributed by atoms with E-state index in [1.807, 2.05) is 48.5 Å². The molecule has 0 aromatic heterocycles. The van der Waals surface area contributed by atoms with E-state index < -0.39 is 0 Å². The van der Waals surface area contributed by atoms with Gasteiger partial charge >= 0.3 is 0 Å². The average molecular weight is 348 g/mol. The number of amides is 1. The van der Waals surface area contributed by atoms with Crippen molar-refractivity contribution in [3.63, 3.8) is 0 Å². The molecule has 0 fully saturated rings. The predicted molar refractivity (Wildman–Crippen MR) is 104 cm³/mol. The van der Waals surface area contributed by atoms with E-state index in [0.717, 1.165) is 22.8 Å². The molecule has 0 aliphatic carbocycles. The van der Waals surface area contributed by atoms with Gasteiger partial charge in [0.15, 0.2) is 0 Å². The molecule has 0 saturated heterocycles. The standard InChI is InChI=1S/C21H20N2O3/c1-25-18-13-7-15(8-14-18)21(24)23-17-11-9-16(10-12-17)22-19-5-3-4-6-20(19)26-2/h3-14,22H,1-2H3,(H,23,24). The number of carbonyl (C=O) groups excluding carboxylic acids is 1. The Hall–Kier alpha value is -3.47. The van der Waals surface area contributed by atoms with E-state index in [0.29, 0.717) is 11.3 Å². The molecule has 0 saturated carbocycles. The summed E-state index contributed by atoms with van der Waals surface area (Å²) in [5.41, 5.74) is 3.07. The van der Waals surface area contributed by atoms with E-state index >= 15 is 0 Å². The molecule has 0 radical (unpaired) electrons. The highest BCUT2D eigenvalue weighted by molar-refractivity contribution is 6.04. The van der Waals surface area contributed by atoms with Gasteiger partial charge in [0.05, 0.1) is 19.9 Å². The maximum atomic E-state index is 12.3. The van der Waals surface area contributed by atoms with Crippen molar-refractivity contribution >= 4 is 23.0 Å². The molecular formula is C21H20N2O3. The van der Waals surface area contributed by atoms with Crippen LogP contribution in [0.3, 0.4) is 0 Å².